The molecular weight excluding hydrogens is 367 g/mol. The molecule has 1 heterocycles. The Hall–Kier alpha value is -0.620. The zero-order chi connectivity index (χ0) is 10.7. The lowest BCUT2D eigenvalue weighted by molar-refractivity contribution is 1.30. The molecule has 1 aromatic heterocycles. The number of rotatable bonds is 2. The van der Waals surface area contributed by atoms with Gasteiger partial charge < -0.3 is 5.32 Å². The van der Waals surface area contributed by atoms with E-state index in [1.807, 2.05) is 6.07 Å². The summed E-state index contributed by atoms with van der Waals surface area (Å²) in [4.78, 5) is 4.01. The van der Waals surface area contributed by atoms with Gasteiger partial charge in [-0.2, -0.15) is 0 Å². The third kappa shape index (κ3) is 2.92. The van der Waals surface area contributed by atoms with Crippen LogP contribution >= 0.6 is 38.5 Å². The van der Waals surface area contributed by atoms with E-state index in [9.17, 15) is 0 Å². The van der Waals surface area contributed by atoms with Gasteiger partial charge >= 0.3 is 0 Å². The van der Waals surface area contributed by atoms with Crippen molar-refractivity contribution in [1.82, 2.24) is 4.98 Å². The predicted octanol–water partition coefficient (Wildman–Crippen LogP) is 4.19. The van der Waals surface area contributed by atoms with E-state index in [-0.39, 0.29) is 0 Å². The van der Waals surface area contributed by atoms with Gasteiger partial charge in [0.05, 0.1) is 10.2 Å². The van der Waals surface area contributed by atoms with E-state index in [4.69, 9.17) is 0 Å². The van der Waals surface area contributed by atoms with Gasteiger partial charge in [-0.25, -0.2) is 0 Å². The molecule has 0 aliphatic rings. The summed E-state index contributed by atoms with van der Waals surface area (Å²) in [5.41, 5.74) is 2.09. The molecule has 0 amide bonds. The van der Waals surface area contributed by atoms with Crippen molar-refractivity contribution >= 4 is 49.9 Å². The third-order valence-electron chi connectivity index (χ3n) is 1.90. The fraction of sp³-hybridized carbons (Fsp3) is 0. The summed E-state index contributed by atoms with van der Waals surface area (Å²) in [5, 5.41) is 3.31. The van der Waals surface area contributed by atoms with E-state index in [0.717, 1.165) is 15.8 Å². The van der Waals surface area contributed by atoms with Crippen molar-refractivity contribution < 1.29 is 0 Å². The fourth-order valence-corrected chi connectivity index (χ4v) is 1.87. The highest BCUT2D eigenvalue weighted by molar-refractivity contribution is 14.1. The van der Waals surface area contributed by atoms with Crippen molar-refractivity contribution in [2.75, 3.05) is 5.32 Å². The number of nitrogens with zero attached hydrogens (tertiary/aromatic N) is 1. The summed E-state index contributed by atoms with van der Waals surface area (Å²) < 4.78 is 2.19. The third-order valence-corrected chi connectivity index (χ3v) is 3.25. The van der Waals surface area contributed by atoms with Gasteiger partial charge in [0.25, 0.3) is 0 Å². The van der Waals surface area contributed by atoms with Crippen LogP contribution in [0.5, 0.6) is 0 Å². The quantitative estimate of drug-likeness (QED) is 0.797. The van der Waals surface area contributed by atoms with Crippen molar-refractivity contribution in [1.29, 1.82) is 0 Å². The van der Waals surface area contributed by atoms with Gasteiger partial charge in [-0.05, 0) is 68.9 Å². The smallest absolute Gasteiger partial charge is 0.0593 e. The maximum absolute atomic E-state index is 4.01. The van der Waals surface area contributed by atoms with Gasteiger partial charge in [0, 0.05) is 21.7 Å². The number of hydrogen-bond donors (Lipinski definition) is 1. The lowest BCUT2D eigenvalue weighted by Gasteiger charge is -2.07. The molecule has 0 atom stereocenters. The fourth-order valence-electron chi connectivity index (χ4n) is 1.17. The van der Waals surface area contributed by atoms with Crippen molar-refractivity contribution in [3.63, 3.8) is 0 Å². The first-order chi connectivity index (χ1) is 7.25. The van der Waals surface area contributed by atoms with Crippen molar-refractivity contribution in [2.45, 2.75) is 0 Å². The first-order valence-electron chi connectivity index (χ1n) is 4.38. The Morgan fingerprint density at radius 3 is 2.53 bits per heavy atom. The van der Waals surface area contributed by atoms with Gasteiger partial charge in [-0.1, -0.05) is 0 Å². The first kappa shape index (κ1) is 10.9. The van der Waals surface area contributed by atoms with E-state index < -0.39 is 0 Å². The minimum absolute atomic E-state index is 0.962. The SMILES string of the molecule is Brc1cnccc1Nc1ccc(I)cc1. The zero-order valence-corrected chi connectivity index (χ0v) is 11.5. The first-order valence-corrected chi connectivity index (χ1v) is 6.25. The molecule has 4 heteroatoms. The van der Waals surface area contributed by atoms with Crippen molar-refractivity contribution in [3.8, 4) is 0 Å². The Morgan fingerprint density at radius 2 is 1.87 bits per heavy atom. The molecule has 0 radical (unpaired) electrons. The summed E-state index contributed by atoms with van der Waals surface area (Å²) in [6.45, 7) is 0. The second kappa shape index (κ2) is 4.94. The standard InChI is InChI=1S/C11H8BrIN2/c12-10-7-14-6-5-11(10)15-9-3-1-8(13)2-4-9/h1-7H,(H,14,15). The Labute approximate surface area is 110 Å². The van der Waals surface area contributed by atoms with Gasteiger partial charge in [0.15, 0.2) is 0 Å². The van der Waals surface area contributed by atoms with E-state index in [2.05, 4.69) is 73.1 Å². The number of benzene rings is 1. The van der Waals surface area contributed by atoms with Crippen LogP contribution in [-0.2, 0) is 0 Å². The topological polar surface area (TPSA) is 24.9 Å². The zero-order valence-electron chi connectivity index (χ0n) is 7.74. The van der Waals surface area contributed by atoms with E-state index in [1.54, 1.807) is 12.4 Å². The summed E-state index contributed by atoms with van der Waals surface area (Å²) in [6, 6.07) is 10.2. The van der Waals surface area contributed by atoms with Crippen molar-refractivity contribution in [3.05, 3.63) is 50.8 Å². The molecule has 0 unspecified atom stereocenters. The molecule has 0 bridgehead atoms. The highest BCUT2D eigenvalue weighted by Gasteiger charge is 1.98. The van der Waals surface area contributed by atoms with Gasteiger partial charge in [0.1, 0.15) is 0 Å². The Kier molecular flexibility index (Phi) is 3.58. The molecule has 0 aliphatic heterocycles. The Balaban J connectivity index is 2.22. The van der Waals surface area contributed by atoms with Crippen LogP contribution in [0, 0.1) is 3.57 Å². The number of halogens is 2. The molecule has 0 saturated carbocycles. The molecule has 1 aromatic carbocycles. The van der Waals surface area contributed by atoms with E-state index in [0.29, 0.717) is 0 Å². The predicted molar refractivity (Wildman–Crippen MR) is 74.4 cm³/mol. The molecule has 0 saturated heterocycles. The number of aromatic nitrogens is 1. The molecule has 0 fully saturated rings. The average Bonchev–Trinajstić information content (AvgIpc) is 2.25. The lowest BCUT2D eigenvalue weighted by atomic mass is 10.3. The lowest BCUT2D eigenvalue weighted by Crippen LogP contribution is -1.91. The van der Waals surface area contributed by atoms with Crippen LogP contribution in [0.15, 0.2) is 47.2 Å². The molecule has 0 aliphatic carbocycles. The second-order valence-electron chi connectivity index (χ2n) is 2.99. The minimum Gasteiger partial charge on any atom is -0.355 e. The molecule has 2 nitrogen and oxygen atoms in total. The van der Waals surface area contributed by atoms with Crippen LogP contribution in [0.1, 0.15) is 0 Å². The Morgan fingerprint density at radius 1 is 1.13 bits per heavy atom. The second-order valence-corrected chi connectivity index (χ2v) is 5.09. The van der Waals surface area contributed by atoms with Crippen LogP contribution in [0.3, 0.4) is 0 Å². The van der Waals surface area contributed by atoms with Crippen LogP contribution in [0.2, 0.25) is 0 Å². The summed E-state index contributed by atoms with van der Waals surface area (Å²) >= 11 is 5.73. The molecule has 2 rings (SSSR count). The molecule has 2 aromatic rings. The van der Waals surface area contributed by atoms with E-state index >= 15 is 0 Å². The number of hydrogen-bond acceptors (Lipinski definition) is 2. The molecule has 76 valence electrons. The number of nitrogens with one attached hydrogen (secondary N) is 1. The normalized spacial score (nSPS) is 10.0. The molecule has 0 spiro atoms. The summed E-state index contributed by atoms with van der Waals surface area (Å²) in [7, 11) is 0. The van der Waals surface area contributed by atoms with Gasteiger partial charge in [0.2, 0.25) is 0 Å². The molecular formula is C11H8BrIN2. The summed E-state index contributed by atoms with van der Waals surface area (Å²) in [6.07, 6.45) is 3.54. The largest absolute Gasteiger partial charge is 0.355 e. The number of anilines is 2. The highest BCUT2D eigenvalue weighted by Crippen LogP contribution is 2.24. The molecule has 1 N–H and O–H groups in total. The van der Waals surface area contributed by atoms with E-state index in [1.165, 1.54) is 3.57 Å². The minimum atomic E-state index is 0.962. The molecule has 15 heavy (non-hydrogen) atoms. The number of pyridine rings is 1. The van der Waals surface area contributed by atoms with Gasteiger partial charge in [-0.15, -0.1) is 0 Å². The average molecular weight is 375 g/mol. The maximum atomic E-state index is 4.01. The maximum Gasteiger partial charge on any atom is 0.0593 e. The van der Waals surface area contributed by atoms with Crippen molar-refractivity contribution in [2.24, 2.45) is 0 Å². The van der Waals surface area contributed by atoms with Crippen LogP contribution in [0.4, 0.5) is 11.4 Å². The Bertz CT molecular complexity index is 456. The monoisotopic (exact) mass is 374 g/mol. The highest BCUT2D eigenvalue weighted by atomic mass is 127. The van der Waals surface area contributed by atoms with Crippen LogP contribution < -0.4 is 5.32 Å². The van der Waals surface area contributed by atoms with Crippen LogP contribution in [0.25, 0.3) is 0 Å². The summed E-state index contributed by atoms with van der Waals surface area (Å²) in [5.74, 6) is 0. The van der Waals surface area contributed by atoms with Crippen LogP contribution in [-0.4, -0.2) is 4.98 Å². The van der Waals surface area contributed by atoms with Gasteiger partial charge in [-0.3, -0.25) is 4.98 Å².